The molecule has 0 spiro atoms. The molecule has 1 heterocycles. The summed E-state index contributed by atoms with van der Waals surface area (Å²) in [4.78, 5) is 0. The molecule has 110 valence electrons. The van der Waals surface area contributed by atoms with Crippen molar-refractivity contribution >= 4 is 5.69 Å². The summed E-state index contributed by atoms with van der Waals surface area (Å²) in [5.41, 5.74) is 2.00. The average molecular weight is 286 g/mol. The van der Waals surface area contributed by atoms with E-state index < -0.39 is 0 Å². The van der Waals surface area contributed by atoms with Gasteiger partial charge in [0.25, 0.3) is 0 Å². The van der Waals surface area contributed by atoms with Gasteiger partial charge in [0.05, 0.1) is 18.8 Å². The molecule has 0 saturated heterocycles. The lowest BCUT2D eigenvalue weighted by Crippen LogP contribution is -2.07. The van der Waals surface area contributed by atoms with Crippen LogP contribution in [-0.2, 0) is 11.3 Å². The lowest BCUT2D eigenvalue weighted by Gasteiger charge is -2.13. The van der Waals surface area contributed by atoms with Gasteiger partial charge in [-0.3, -0.25) is 0 Å². The van der Waals surface area contributed by atoms with Crippen molar-refractivity contribution in [3.05, 3.63) is 47.4 Å². The topological polar surface area (TPSA) is 67.4 Å². The Morgan fingerprint density at radius 1 is 1.24 bits per heavy atom. The van der Waals surface area contributed by atoms with Gasteiger partial charge in [-0.25, -0.2) is 0 Å². The molecule has 0 fully saturated rings. The molecule has 1 aromatic carbocycles. The number of nitriles is 1. The van der Waals surface area contributed by atoms with Crippen LogP contribution in [0.5, 0.6) is 5.75 Å². The second-order valence-corrected chi connectivity index (χ2v) is 4.57. The first-order valence-corrected chi connectivity index (χ1v) is 6.68. The van der Waals surface area contributed by atoms with E-state index in [4.69, 9.17) is 19.2 Å². The summed E-state index contributed by atoms with van der Waals surface area (Å²) in [7, 11) is 1.64. The molecule has 0 aliphatic carbocycles. The lowest BCUT2D eigenvalue weighted by molar-refractivity contribution is 0.146. The zero-order chi connectivity index (χ0) is 15.1. The Hall–Kier alpha value is -2.45. The number of hydrogen-bond acceptors (Lipinski definition) is 5. The Balaban J connectivity index is 2.02. The molecular weight excluding hydrogens is 268 g/mol. The Morgan fingerprint density at radius 2 is 2.10 bits per heavy atom. The second-order valence-electron chi connectivity index (χ2n) is 4.57. The standard InChI is InChI=1S/C16H18N2O3/c1-12-3-6-15(16(9-12)20-8-7-19-2)18-11-14-5-4-13(10-17)21-14/h3-6,9,18H,7-8,11H2,1-2H3. The van der Waals surface area contributed by atoms with Crippen molar-refractivity contribution in [2.75, 3.05) is 25.6 Å². The van der Waals surface area contributed by atoms with E-state index in [0.717, 1.165) is 17.0 Å². The molecule has 21 heavy (non-hydrogen) atoms. The van der Waals surface area contributed by atoms with Gasteiger partial charge in [-0.2, -0.15) is 5.26 Å². The minimum atomic E-state index is 0.312. The fraction of sp³-hybridized carbons (Fsp3) is 0.312. The molecule has 0 amide bonds. The summed E-state index contributed by atoms with van der Waals surface area (Å²) >= 11 is 0. The molecule has 0 aliphatic rings. The predicted octanol–water partition coefficient (Wildman–Crippen LogP) is 3.10. The summed E-state index contributed by atoms with van der Waals surface area (Å²) in [5, 5.41) is 12.0. The highest BCUT2D eigenvalue weighted by Gasteiger charge is 2.06. The van der Waals surface area contributed by atoms with Gasteiger partial charge in [0.1, 0.15) is 24.2 Å². The van der Waals surface area contributed by atoms with Crippen LogP contribution in [0.2, 0.25) is 0 Å². The number of benzene rings is 1. The molecule has 1 aromatic heterocycles. The average Bonchev–Trinajstić information content (AvgIpc) is 2.95. The number of anilines is 1. The van der Waals surface area contributed by atoms with Crippen LogP contribution >= 0.6 is 0 Å². The van der Waals surface area contributed by atoms with Crippen molar-refractivity contribution in [1.82, 2.24) is 0 Å². The van der Waals surface area contributed by atoms with Crippen LogP contribution in [0.25, 0.3) is 0 Å². The summed E-state index contributed by atoms with van der Waals surface area (Å²) in [6.07, 6.45) is 0. The van der Waals surface area contributed by atoms with E-state index >= 15 is 0 Å². The number of methoxy groups -OCH3 is 1. The summed E-state index contributed by atoms with van der Waals surface area (Å²) in [6, 6.07) is 11.3. The number of rotatable bonds is 7. The van der Waals surface area contributed by atoms with Crippen molar-refractivity contribution in [1.29, 1.82) is 5.26 Å². The van der Waals surface area contributed by atoms with E-state index in [0.29, 0.717) is 31.3 Å². The lowest BCUT2D eigenvalue weighted by atomic mass is 10.2. The van der Waals surface area contributed by atoms with Crippen molar-refractivity contribution < 1.29 is 13.9 Å². The maximum atomic E-state index is 8.74. The molecular formula is C16H18N2O3. The molecule has 0 saturated carbocycles. The van der Waals surface area contributed by atoms with E-state index in [1.54, 1.807) is 19.2 Å². The van der Waals surface area contributed by atoms with E-state index in [1.807, 2.05) is 31.2 Å². The Bertz CT molecular complexity index is 629. The van der Waals surface area contributed by atoms with Crippen LogP contribution in [0.15, 0.2) is 34.7 Å². The van der Waals surface area contributed by atoms with Crippen molar-refractivity contribution in [3.63, 3.8) is 0 Å². The maximum absolute atomic E-state index is 8.74. The molecule has 0 bridgehead atoms. The Morgan fingerprint density at radius 3 is 2.81 bits per heavy atom. The third-order valence-electron chi connectivity index (χ3n) is 2.91. The fourth-order valence-electron chi connectivity index (χ4n) is 1.85. The van der Waals surface area contributed by atoms with Gasteiger partial charge in [0, 0.05) is 7.11 Å². The van der Waals surface area contributed by atoms with Gasteiger partial charge >= 0.3 is 0 Å². The van der Waals surface area contributed by atoms with Crippen LogP contribution in [-0.4, -0.2) is 20.3 Å². The third kappa shape index (κ3) is 4.26. The highest BCUT2D eigenvalue weighted by molar-refractivity contribution is 5.57. The van der Waals surface area contributed by atoms with E-state index in [2.05, 4.69) is 5.32 Å². The first-order chi connectivity index (χ1) is 10.2. The Kier molecular flexibility index (Phi) is 5.24. The van der Waals surface area contributed by atoms with Crippen LogP contribution in [0.4, 0.5) is 5.69 Å². The molecule has 1 N–H and O–H groups in total. The van der Waals surface area contributed by atoms with E-state index in [1.165, 1.54) is 0 Å². The van der Waals surface area contributed by atoms with Gasteiger partial charge < -0.3 is 19.2 Å². The molecule has 0 atom stereocenters. The third-order valence-corrected chi connectivity index (χ3v) is 2.91. The molecule has 5 heteroatoms. The van der Waals surface area contributed by atoms with Gasteiger partial charge in [0.15, 0.2) is 0 Å². The highest BCUT2D eigenvalue weighted by atomic mass is 16.5. The Labute approximate surface area is 124 Å². The zero-order valence-electron chi connectivity index (χ0n) is 12.2. The monoisotopic (exact) mass is 286 g/mol. The normalized spacial score (nSPS) is 10.1. The van der Waals surface area contributed by atoms with Crippen LogP contribution in [0, 0.1) is 18.3 Å². The molecule has 2 aromatic rings. The predicted molar refractivity (Wildman–Crippen MR) is 79.3 cm³/mol. The number of aryl methyl sites for hydroxylation is 1. The molecule has 2 rings (SSSR count). The van der Waals surface area contributed by atoms with Gasteiger partial charge in [0.2, 0.25) is 5.76 Å². The zero-order valence-corrected chi connectivity index (χ0v) is 12.2. The van der Waals surface area contributed by atoms with Crippen LogP contribution in [0.3, 0.4) is 0 Å². The first kappa shape index (κ1) is 14.9. The van der Waals surface area contributed by atoms with E-state index in [9.17, 15) is 0 Å². The smallest absolute Gasteiger partial charge is 0.203 e. The SMILES string of the molecule is COCCOc1cc(C)ccc1NCc1ccc(C#N)o1. The largest absolute Gasteiger partial charge is 0.489 e. The van der Waals surface area contributed by atoms with Gasteiger partial charge in [-0.15, -0.1) is 0 Å². The summed E-state index contributed by atoms with van der Waals surface area (Å²) in [6.45, 7) is 3.54. The molecule has 0 aliphatic heterocycles. The van der Waals surface area contributed by atoms with Crippen LogP contribution < -0.4 is 10.1 Å². The van der Waals surface area contributed by atoms with Crippen molar-refractivity contribution in [2.45, 2.75) is 13.5 Å². The minimum Gasteiger partial charge on any atom is -0.489 e. The number of ether oxygens (including phenoxy) is 2. The molecule has 0 unspecified atom stereocenters. The quantitative estimate of drug-likeness (QED) is 0.792. The summed E-state index contributed by atoms with van der Waals surface area (Å²) < 4.78 is 16.0. The van der Waals surface area contributed by atoms with Gasteiger partial charge in [-0.05, 0) is 36.8 Å². The molecule has 0 radical (unpaired) electrons. The maximum Gasteiger partial charge on any atom is 0.203 e. The number of nitrogens with one attached hydrogen (secondary N) is 1. The van der Waals surface area contributed by atoms with Crippen molar-refractivity contribution in [2.24, 2.45) is 0 Å². The first-order valence-electron chi connectivity index (χ1n) is 6.68. The van der Waals surface area contributed by atoms with Gasteiger partial charge in [-0.1, -0.05) is 6.07 Å². The van der Waals surface area contributed by atoms with E-state index in [-0.39, 0.29) is 0 Å². The highest BCUT2D eigenvalue weighted by Crippen LogP contribution is 2.26. The van der Waals surface area contributed by atoms with Crippen molar-refractivity contribution in [3.8, 4) is 11.8 Å². The number of furan rings is 1. The minimum absolute atomic E-state index is 0.312. The molecule has 5 nitrogen and oxygen atoms in total. The summed E-state index contributed by atoms with van der Waals surface area (Å²) in [5.74, 6) is 1.79. The fourth-order valence-corrected chi connectivity index (χ4v) is 1.85. The van der Waals surface area contributed by atoms with Crippen LogP contribution in [0.1, 0.15) is 17.1 Å². The number of hydrogen-bond donors (Lipinski definition) is 1. The number of nitrogens with zero attached hydrogens (tertiary/aromatic N) is 1. The second kappa shape index (κ2) is 7.36.